The summed E-state index contributed by atoms with van der Waals surface area (Å²) in [5, 5.41) is 5.60. The molecule has 0 spiro atoms. The van der Waals surface area contributed by atoms with Gasteiger partial charge in [-0.05, 0) is 25.2 Å². The molecule has 0 aromatic rings. The Morgan fingerprint density at radius 1 is 1.28 bits per heavy atom. The molecule has 1 fully saturated rings. The van der Waals surface area contributed by atoms with Gasteiger partial charge in [-0.15, -0.1) is 0 Å². The van der Waals surface area contributed by atoms with E-state index >= 15 is 0 Å². The molecular formula is C13H25N3O2. The number of urea groups is 1. The van der Waals surface area contributed by atoms with Gasteiger partial charge >= 0.3 is 6.03 Å². The summed E-state index contributed by atoms with van der Waals surface area (Å²) in [5.41, 5.74) is 0. The van der Waals surface area contributed by atoms with Crippen LogP contribution in [0.5, 0.6) is 0 Å². The zero-order chi connectivity index (χ0) is 13.4. The highest BCUT2D eigenvalue weighted by atomic mass is 16.2. The van der Waals surface area contributed by atoms with Crippen LogP contribution in [0.4, 0.5) is 4.79 Å². The van der Waals surface area contributed by atoms with Crippen LogP contribution < -0.4 is 10.6 Å². The Hall–Kier alpha value is -1.26. The number of hydrogen-bond donors (Lipinski definition) is 2. The van der Waals surface area contributed by atoms with Crippen molar-refractivity contribution >= 4 is 11.9 Å². The number of nitrogens with zero attached hydrogens (tertiary/aromatic N) is 1. The molecule has 1 atom stereocenters. The molecule has 0 aromatic carbocycles. The van der Waals surface area contributed by atoms with Crippen LogP contribution in [-0.2, 0) is 4.79 Å². The molecule has 1 saturated heterocycles. The van der Waals surface area contributed by atoms with E-state index in [0.29, 0.717) is 25.4 Å². The van der Waals surface area contributed by atoms with Crippen LogP contribution in [0.15, 0.2) is 0 Å². The number of rotatable bonds is 5. The third kappa shape index (κ3) is 5.38. The van der Waals surface area contributed by atoms with Gasteiger partial charge in [-0.3, -0.25) is 4.79 Å². The van der Waals surface area contributed by atoms with Gasteiger partial charge in [0.1, 0.15) is 0 Å². The summed E-state index contributed by atoms with van der Waals surface area (Å²) in [6.07, 6.45) is 3.56. The lowest BCUT2D eigenvalue weighted by atomic mass is 10.0. The molecule has 1 aliphatic heterocycles. The minimum absolute atomic E-state index is 0.00385. The molecular weight excluding hydrogens is 230 g/mol. The molecule has 104 valence electrons. The van der Waals surface area contributed by atoms with Crippen LogP contribution in [0.3, 0.4) is 0 Å². The highest BCUT2D eigenvalue weighted by Crippen LogP contribution is 2.14. The van der Waals surface area contributed by atoms with Gasteiger partial charge in [-0.1, -0.05) is 13.8 Å². The summed E-state index contributed by atoms with van der Waals surface area (Å²) in [6.45, 7) is 6.96. The minimum atomic E-state index is -0.0372. The van der Waals surface area contributed by atoms with Gasteiger partial charge in [0, 0.05) is 32.6 Å². The monoisotopic (exact) mass is 255 g/mol. The predicted molar refractivity (Wildman–Crippen MR) is 71.3 cm³/mol. The third-order valence-corrected chi connectivity index (χ3v) is 3.14. The lowest BCUT2D eigenvalue weighted by Crippen LogP contribution is -2.45. The van der Waals surface area contributed by atoms with Gasteiger partial charge in [0.2, 0.25) is 5.91 Å². The summed E-state index contributed by atoms with van der Waals surface area (Å²) >= 11 is 0. The van der Waals surface area contributed by atoms with Gasteiger partial charge in [0.15, 0.2) is 0 Å². The molecule has 0 aromatic heterocycles. The molecule has 0 saturated carbocycles. The van der Waals surface area contributed by atoms with Crippen molar-refractivity contribution in [2.75, 3.05) is 26.2 Å². The maximum absolute atomic E-state index is 11.8. The molecule has 5 heteroatoms. The summed E-state index contributed by atoms with van der Waals surface area (Å²) in [6, 6.07) is -0.0372. The first-order valence-corrected chi connectivity index (χ1v) is 6.93. The number of nitrogens with one attached hydrogen (secondary N) is 2. The van der Waals surface area contributed by atoms with E-state index in [1.54, 1.807) is 0 Å². The van der Waals surface area contributed by atoms with Crippen molar-refractivity contribution in [2.24, 2.45) is 5.92 Å². The third-order valence-electron chi connectivity index (χ3n) is 3.14. The van der Waals surface area contributed by atoms with E-state index < -0.39 is 0 Å². The van der Waals surface area contributed by atoms with Crippen LogP contribution in [0.2, 0.25) is 0 Å². The summed E-state index contributed by atoms with van der Waals surface area (Å²) in [5.74, 6) is 0.585. The zero-order valence-electron chi connectivity index (χ0n) is 11.5. The number of carbonyl (C=O) groups excluding carboxylic acids is 2. The maximum atomic E-state index is 11.8. The molecule has 1 heterocycles. The van der Waals surface area contributed by atoms with Crippen LogP contribution in [-0.4, -0.2) is 43.0 Å². The lowest BCUT2D eigenvalue weighted by molar-refractivity contribution is -0.120. The van der Waals surface area contributed by atoms with Crippen molar-refractivity contribution < 1.29 is 9.59 Å². The number of hydrogen-bond acceptors (Lipinski definition) is 2. The molecule has 1 aliphatic rings. The average Bonchev–Trinajstić information content (AvgIpc) is 2.36. The first-order valence-electron chi connectivity index (χ1n) is 6.93. The van der Waals surface area contributed by atoms with Gasteiger partial charge in [-0.25, -0.2) is 4.79 Å². The second-order valence-electron chi connectivity index (χ2n) is 5.03. The Morgan fingerprint density at radius 2 is 2.06 bits per heavy atom. The number of carbonyl (C=O) groups is 2. The van der Waals surface area contributed by atoms with Crippen molar-refractivity contribution in [1.29, 1.82) is 0 Å². The van der Waals surface area contributed by atoms with Crippen molar-refractivity contribution in [2.45, 2.75) is 39.5 Å². The first-order chi connectivity index (χ1) is 8.63. The topological polar surface area (TPSA) is 61.4 Å². The average molecular weight is 255 g/mol. The zero-order valence-corrected chi connectivity index (χ0v) is 11.5. The van der Waals surface area contributed by atoms with E-state index in [1.807, 2.05) is 11.8 Å². The fraction of sp³-hybridized carbons (Fsp3) is 0.846. The maximum Gasteiger partial charge on any atom is 0.317 e. The van der Waals surface area contributed by atoms with Crippen molar-refractivity contribution in [3.05, 3.63) is 0 Å². The van der Waals surface area contributed by atoms with Crippen molar-refractivity contribution in [1.82, 2.24) is 15.5 Å². The molecule has 1 unspecified atom stereocenters. The Balaban J connectivity index is 2.14. The van der Waals surface area contributed by atoms with Gasteiger partial charge in [0.25, 0.3) is 0 Å². The molecule has 18 heavy (non-hydrogen) atoms. The molecule has 0 bridgehead atoms. The Labute approximate surface area is 109 Å². The van der Waals surface area contributed by atoms with Crippen LogP contribution in [0.25, 0.3) is 0 Å². The van der Waals surface area contributed by atoms with Crippen LogP contribution in [0, 0.1) is 5.92 Å². The van der Waals surface area contributed by atoms with E-state index in [1.165, 1.54) is 6.42 Å². The van der Waals surface area contributed by atoms with Crippen molar-refractivity contribution in [3.8, 4) is 0 Å². The van der Waals surface area contributed by atoms with E-state index in [2.05, 4.69) is 17.6 Å². The van der Waals surface area contributed by atoms with Gasteiger partial charge < -0.3 is 15.5 Å². The van der Waals surface area contributed by atoms with E-state index in [-0.39, 0.29) is 11.9 Å². The molecule has 0 aliphatic carbocycles. The van der Waals surface area contributed by atoms with E-state index in [0.717, 1.165) is 25.9 Å². The number of piperidine rings is 1. The molecule has 2 N–H and O–H groups in total. The first kappa shape index (κ1) is 14.8. The number of likely N-dealkylation sites (tertiary alicyclic amines) is 1. The quantitative estimate of drug-likeness (QED) is 0.779. The van der Waals surface area contributed by atoms with Crippen LogP contribution >= 0.6 is 0 Å². The predicted octanol–water partition coefficient (Wildman–Crippen LogP) is 1.34. The largest absolute Gasteiger partial charge is 0.356 e. The Morgan fingerprint density at radius 3 is 2.72 bits per heavy atom. The second-order valence-corrected chi connectivity index (χ2v) is 5.03. The summed E-state index contributed by atoms with van der Waals surface area (Å²) < 4.78 is 0. The Kier molecular flexibility index (Phi) is 6.54. The highest BCUT2D eigenvalue weighted by Gasteiger charge is 2.20. The molecule has 0 radical (unpaired) electrons. The molecule has 1 rings (SSSR count). The van der Waals surface area contributed by atoms with Crippen LogP contribution in [0.1, 0.15) is 39.5 Å². The SMILES string of the molecule is CCCNC(=O)CCNC(=O)N1CCCC(C)C1. The van der Waals surface area contributed by atoms with Crippen molar-refractivity contribution in [3.63, 3.8) is 0 Å². The summed E-state index contributed by atoms with van der Waals surface area (Å²) in [7, 11) is 0. The van der Waals surface area contributed by atoms with Gasteiger partial charge in [-0.2, -0.15) is 0 Å². The fourth-order valence-corrected chi connectivity index (χ4v) is 2.12. The second kappa shape index (κ2) is 7.95. The minimum Gasteiger partial charge on any atom is -0.356 e. The molecule has 5 nitrogen and oxygen atoms in total. The standard InChI is InChI=1S/C13H25N3O2/c1-3-7-14-12(17)6-8-15-13(18)16-9-4-5-11(2)10-16/h11H,3-10H2,1-2H3,(H,14,17)(H,15,18). The van der Waals surface area contributed by atoms with E-state index in [9.17, 15) is 9.59 Å². The lowest BCUT2D eigenvalue weighted by Gasteiger charge is -2.30. The normalized spacial score (nSPS) is 19.4. The molecule has 3 amide bonds. The number of amides is 3. The Bertz CT molecular complexity index is 281. The van der Waals surface area contributed by atoms with Gasteiger partial charge in [0.05, 0.1) is 0 Å². The fourth-order valence-electron chi connectivity index (χ4n) is 2.12. The smallest absolute Gasteiger partial charge is 0.317 e. The highest BCUT2D eigenvalue weighted by molar-refractivity contribution is 5.78. The summed E-state index contributed by atoms with van der Waals surface area (Å²) in [4.78, 5) is 25.0. The van der Waals surface area contributed by atoms with E-state index in [4.69, 9.17) is 0 Å².